The highest BCUT2D eigenvalue weighted by Crippen LogP contribution is 2.46. The lowest BCUT2D eigenvalue weighted by molar-refractivity contribution is -0.0499. The Morgan fingerprint density at radius 2 is 2.00 bits per heavy atom. The molecule has 0 unspecified atom stereocenters. The lowest BCUT2D eigenvalue weighted by Crippen LogP contribution is -2.24. The van der Waals surface area contributed by atoms with E-state index in [4.69, 9.17) is 17.0 Å². The number of fused-ring (bicyclic) bond motifs is 1. The molecule has 2 aromatic carbocycles. The van der Waals surface area contributed by atoms with E-state index in [0.29, 0.717) is 39.2 Å². The Hall–Kier alpha value is -4.10. The number of aryl methyl sites for hydroxylation is 1. The Labute approximate surface area is 199 Å². The minimum atomic E-state index is -3.03. The first kappa shape index (κ1) is 22.7. The van der Waals surface area contributed by atoms with Crippen LogP contribution in [0.2, 0.25) is 0 Å². The zero-order valence-corrected chi connectivity index (χ0v) is 18.8. The molecule has 2 aliphatic rings. The summed E-state index contributed by atoms with van der Waals surface area (Å²) in [5.74, 6) is -0.0145. The van der Waals surface area contributed by atoms with Gasteiger partial charge in [-0.15, -0.1) is 0 Å². The van der Waals surface area contributed by atoms with Gasteiger partial charge >= 0.3 is 6.61 Å². The first-order valence-electron chi connectivity index (χ1n) is 11.0. The topological polar surface area (TPSA) is 96.1 Å². The van der Waals surface area contributed by atoms with E-state index in [-0.39, 0.29) is 42.2 Å². The lowest BCUT2D eigenvalue weighted by Gasteiger charge is -2.18. The maximum atomic E-state index is 13.1. The van der Waals surface area contributed by atoms with Gasteiger partial charge < -0.3 is 15.2 Å². The summed E-state index contributed by atoms with van der Waals surface area (Å²) >= 11 is 0. The van der Waals surface area contributed by atoms with Gasteiger partial charge in [0, 0.05) is 41.9 Å². The van der Waals surface area contributed by atoms with Crippen LogP contribution in [0, 0.1) is 6.57 Å². The van der Waals surface area contributed by atoms with Gasteiger partial charge in [0.05, 0.1) is 30.3 Å². The van der Waals surface area contributed by atoms with E-state index in [1.807, 2.05) is 6.07 Å². The molecule has 1 aliphatic heterocycles. The fourth-order valence-corrected chi connectivity index (χ4v) is 4.18. The summed E-state index contributed by atoms with van der Waals surface area (Å²) in [5, 5.41) is 4.37. The van der Waals surface area contributed by atoms with E-state index in [2.05, 4.69) is 19.7 Å². The molecule has 3 aromatic rings. The van der Waals surface area contributed by atoms with Gasteiger partial charge in [-0.05, 0) is 30.5 Å². The zero-order chi connectivity index (χ0) is 24.7. The number of aliphatic imine (C=N–C) groups is 1. The molecule has 178 valence electrons. The molecule has 1 saturated carbocycles. The second-order valence-corrected chi connectivity index (χ2v) is 8.31. The zero-order valence-electron chi connectivity index (χ0n) is 18.8. The van der Waals surface area contributed by atoms with Crippen LogP contribution in [0.25, 0.3) is 27.2 Å². The summed E-state index contributed by atoms with van der Waals surface area (Å²) < 4.78 is 38.3. The molecule has 2 heterocycles. The van der Waals surface area contributed by atoms with Crippen molar-refractivity contribution in [3.05, 3.63) is 59.1 Å². The first-order chi connectivity index (χ1) is 16.9. The minimum absolute atomic E-state index is 0.0525. The number of rotatable bonds is 7. The summed E-state index contributed by atoms with van der Waals surface area (Å²) in [4.78, 5) is 20.3. The molecule has 5 rings (SSSR count). The molecule has 10 heteroatoms. The van der Waals surface area contributed by atoms with Crippen LogP contribution < -0.4 is 15.2 Å². The number of ketones is 1. The van der Waals surface area contributed by atoms with Crippen molar-refractivity contribution in [3.8, 4) is 33.9 Å². The quantitative estimate of drug-likeness (QED) is 0.509. The molecule has 0 saturated heterocycles. The van der Waals surface area contributed by atoms with Gasteiger partial charge in [-0.3, -0.25) is 14.5 Å². The number of carbonyl (C=O) groups is 1. The summed E-state index contributed by atoms with van der Waals surface area (Å²) in [6.45, 7) is 5.02. The number of Topliss-reactive ketones (excluding diaryl/α,β-unsaturated/α-hetero) is 1. The van der Waals surface area contributed by atoms with Crippen molar-refractivity contribution in [2.24, 2.45) is 17.8 Å². The molecule has 0 bridgehead atoms. The Morgan fingerprint density at radius 1 is 1.20 bits per heavy atom. The van der Waals surface area contributed by atoms with Crippen LogP contribution in [-0.4, -0.2) is 47.1 Å². The molecule has 0 spiro atoms. The number of nitrogens with zero attached hydrogens (tertiary/aromatic N) is 4. The average molecular weight is 477 g/mol. The molecule has 1 aromatic heterocycles. The molecule has 0 atom stereocenters. The van der Waals surface area contributed by atoms with Crippen LogP contribution in [0.1, 0.15) is 28.8 Å². The van der Waals surface area contributed by atoms with E-state index in [0.717, 1.165) is 12.8 Å². The van der Waals surface area contributed by atoms with Crippen molar-refractivity contribution in [2.75, 3.05) is 13.1 Å². The highest BCUT2D eigenvalue weighted by atomic mass is 19.3. The van der Waals surface area contributed by atoms with Gasteiger partial charge in [-0.1, -0.05) is 12.1 Å². The summed E-state index contributed by atoms with van der Waals surface area (Å²) in [5.41, 5.74) is 10.1. The molecular formula is C25H21F2N5O3. The van der Waals surface area contributed by atoms with Crippen LogP contribution in [0.5, 0.6) is 11.5 Å². The molecule has 1 fully saturated rings. The third-order valence-electron chi connectivity index (χ3n) is 5.95. The minimum Gasteiger partial charge on any atom is -0.501 e. The summed E-state index contributed by atoms with van der Waals surface area (Å²) in [6, 6.07) is 8.05. The number of nitrogens with two attached hydrogens (primary N) is 1. The Balaban J connectivity index is 1.69. The predicted molar refractivity (Wildman–Crippen MR) is 125 cm³/mol. The largest absolute Gasteiger partial charge is 0.501 e. The Kier molecular flexibility index (Phi) is 5.78. The lowest BCUT2D eigenvalue weighted by atomic mass is 9.91. The fraction of sp³-hybridized carbons (Fsp3) is 0.280. The molecule has 35 heavy (non-hydrogen) atoms. The van der Waals surface area contributed by atoms with E-state index in [1.54, 1.807) is 30.1 Å². The van der Waals surface area contributed by atoms with Crippen LogP contribution in [-0.2, 0) is 7.05 Å². The van der Waals surface area contributed by atoms with Gasteiger partial charge in [-0.25, -0.2) is 4.85 Å². The number of ether oxygens (including phenoxy) is 2. The highest BCUT2D eigenvalue weighted by Gasteiger charge is 2.28. The maximum absolute atomic E-state index is 13.1. The SMILES string of the molecule is [C-]#[N+]c1c(OC2CC2)cc(OC(F)F)cc1-c1c(-c2ccc3c(c2)C(CN)=NCC3=O)cnn1C. The molecular weight excluding hydrogens is 456 g/mol. The summed E-state index contributed by atoms with van der Waals surface area (Å²) in [6.07, 6.45) is 3.24. The highest BCUT2D eigenvalue weighted by molar-refractivity contribution is 6.16. The normalized spacial score (nSPS) is 15.0. The number of aromatic nitrogens is 2. The Bertz CT molecular complexity index is 1400. The molecule has 8 nitrogen and oxygen atoms in total. The average Bonchev–Trinajstić information content (AvgIpc) is 3.57. The molecule has 0 radical (unpaired) electrons. The van der Waals surface area contributed by atoms with Crippen LogP contribution >= 0.6 is 0 Å². The third kappa shape index (κ3) is 4.26. The number of alkyl halides is 2. The monoisotopic (exact) mass is 477 g/mol. The second-order valence-electron chi connectivity index (χ2n) is 8.31. The Morgan fingerprint density at radius 3 is 2.69 bits per heavy atom. The summed E-state index contributed by atoms with van der Waals surface area (Å²) in [7, 11) is 1.70. The van der Waals surface area contributed by atoms with Crippen molar-refractivity contribution in [1.29, 1.82) is 0 Å². The number of carbonyl (C=O) groups excluding carboxylic acids is 1. The van der Waals surface area contributed by atoms with Crippen LogP contribution in [0.15, 0.2) is 41.5 Å². The second kappa shape index (κ2) is 8.92. The van der Waals surface area contributed by atoms with Crippen molar-refractivity contribution in [1.82, 2.24) is 9.78 Å². The van der Waals surface area contributed by atoms with Crippen molar-refractivity contribution in [2.45, 2.75) is 25.6 Å². The maximum Gasteiger partial charge on any atom is 0.387 e. The van der Waals surface area contributed by atoms with Crippen molar-refractivity contribution in [3.63, 3.8) is 0 Å². The standard InChI is InChI=1S/C25H21F2N5O3/c1-29-23-18(8-15(35-25(26)27)9-22(23)34-14-4-5-14)24-19(11-31-32(24)2)13-3-6-16-17(7-13)20(10-28)30-12-21(16)33/h3,6-9,11,14,25H,4-5,10,12,28H2,2H3. The van der Waals surface area contributed by atoms with Gasteiger partial charge in [0.2, 0.25) is 5.69 Å². The van der Waals surface area contributed by atoms with E-state index in [1.165, 1.54) is 12.1 Å². The van der Waals surface area contributed by atoms with Crippen LogP contribution in [0.4, 0.5) is 14.5 Å². The molecule has 2 N–H and O–H groups in total. The van der Waals surface area contributed by atoms with Crippen molar-refractivity contribution < 1.29 is 23.0 Å². The third-order valence-corrected chi connectivity index (χ3v) is 5.95. The number of halogens is 2. The molecule has 1 aliphatic carbocycles. The van der Waals surface area contributed by atoms with Crippen LogP contribution in [0.3, 0.4) is 0 Å². The van der Waals surface area contributed by atoms with Gasteiger partial charge in [0.25, 0.3) is 0 Å². The number of hydrogen-bond acceptors (Lipinski definition) is 6. The van der Waals surface area contributed by atoms with E-state index >= 15 is 0 Å². The van der Waals surface area contributed by atoms with Gasteiger partial charge in [0.1, 0.15) is 18.0 Å². The van der Waals surface area contributed by atoms with Gasteiger partial charge in [0.15, 0.2) is 5.78 Å². The number of hydrogen-bond donors (Lipinski definition) is 1. The number of benzene rings is 2. The van der Waals surface area contributed by atoms with E-state index in [9.17, 15) is 13.6 Å². The molecule has 0 amide bonds. The van der Waals surface area contributed by atoms with Gasteiger partial charge in [-0.2, -0.15) is 13.9 Å². The first-order valence-corrected chi connectivity index (χ1v) is 11.0. The van der Waals surface area contributed by atoms with E-state index < -0.39 is 6.61 Å². The van der Waals surface area contributed by atoms with Crippen molar-refractivity contribution >= 4 is 17.2 Å². The smallest absolute Gasteiger partial charge is 0.387 e. The predicted octanol–water partition coefficient (Wildman–Crippen LogP) is 4.39. The fourth-order valence-electron chi connectivity index (χ4n) is 4.18.